The number of hydrogen-bond acceptors (Lipinski definition) is 9. The molecule has 1 fully saturated rings. The fraction of sp³-hybridized carbons (Fsp3) is 0.571. The highest BCUT2D eigenvalue weighted by Gasteiger charge is 2.30. The quantitative estimate of drug-likeness (QED) is 0.0469. The molecule has 10 nitrogen and oxygen atoms in total. The summed E-state index contributed by atoms with van der Waals surface area (Å²) in [6.07, 6.45) is 11.9. The van der Waals surface area contributed by atoms with Crippen LogP contribution in [0.15, 0.2) is 66.7 Å². The number of aryl methyl sites for hydroxylation is 1. The van der Waals surface area contributed by atoms with E-state index in [0.29, 0.717) is 68.6 Å². The number of nitrogens with zero attached hydrogens (tertiary/aromatic N) is 1. The monoisotopic (exact) mass is 819 g/mol. The molecule has 0 radical (unpaired) electrons. The Bertz CT molecular complexity index is 1580. The van der Waals surface area contributed by atoms with Gasteiger partial charge in [-0.1, -0.05) is 123 Å². The number of amides is 1. The van der Waals surface area contributed by atoms with Gasteiger partial charge in [-0.3, -0.25) is 24.8 Å². The van der Waals surface area contributed by atoms with Crippen molar-refractivity contribution >= 4 is 23.5 Å². The molecule has 0 aromatic heterocycles. The van der Waals surface area contributed by atoms with Crippen LogP contribution in [0, 0.1) is 12.8 Å². The summed E-state index contributed by atoms with van der Waals surface area (Å²) in [5.41, 5.74) is 5.50. The van der Waals surface area contributed by atoms with Crippen LogP contribution in [0.1, 0.15) is 155 Å². The maximum Gasteiger partial charge on any atom is 0.305 e. The number of esters is 2. The van der Waals surface area contributed by atoms with Gasteiger partial charge in [0.25, 0.3) is 0 Å². The zero-order valence-corrected chi connectivity index (χ0v) is 37.3. The van der Waals surface area contributed by atoms with E-state index >= 15 is 0 Å². The maximum absolute atomic E-state index is 12.1. The lowest BCUT2D eigenvalue weighted by Crippen LogP contribution is -2.32. The first-order valence-corrected chi connectivity index (χ1v) is 21.8. The second kappa shape index (κ2) is 26.4. The Labute approximate surface area is 354 Å². The Hall–Kier alpha value is -4.73. The molecule has 0 spiro atoms. The van der Waals surface area contributed by atoms with Crippen LogP contribution < -0.4 is 10.4 Å². The predicted molar refractivity (Wildman–Crippen MR) is 238 cm³/mol. The fourth-order valence-corrected chi connectivity index (χ4v) is 6.82. The summed E-state index contributed by atoms with van der Waals surface area (Å²) in [7, 11) is 0. The topological polar surface area (TPSA) is 146 Å². The summed E-state index contributed by atoms with van der Waals surface area (Å²) in [5.74, 6) is 0.435. The molecule has 3 aromatic carbocycles. The SMILES string of the molecule is CC1CN(c2ccccc2)NC1=O.CCCCCCOC(=O)CCCC(C)(C)c1cc(O)c(C(C)(C)CCCC(=O)OCCCCCC)cc1O.Cc1ccc(O)cc1. The lowest BCUT2D eigenvalue weighted by molar-refractivity contribution is -0.144. The summed E-state index contributed by atoms with van der Waals surface area (Å²) in [6.45, 7) is 18.0. The van der Waals surface area contributed by atoms with Gasteiger partial charge in [-0.05, 0) is 92.7 Å². The zero-order valence-electron chi connectivity index (χ0n) is 37.3. The van der Waals surface area contributed by atoms with Crippen LogP contribution in [-0.4, -0.2) is 52.9 Å². The van der Waals surface area contributed by atoms with Crippen LogP contribution in [0.3, 0.4) is 0 Å². The van der Waals surface area contributed by atoms with Crippen LogP contribution in [0.4, 0.5) is 5.69 Å². The number of ether oxygens (including phenoxy) is 2. The number of anilines is 1. The van der Waals surface area contributed by atoms with Crippen molar-refractivity contribution in [1.29, 1.82) is 0 Å². The number of carbonyl (C=O) groups excluding carboxylic acids is 3. The lowest BCUT2D eigenvalue weighted by Gasteiger charge is -2.30. The second-order valence-electron chi connectivity index (χ2n) is 17.1. The van der Waals surface area contributed by atoms with Crippen molar-refractivity contribution in [3.05, 3.63) is 83.4 Å². The van der Waals surface area contributed by atoms with E-state index < -0.39 is 10.8 Å². The van der Waals surface area contributed by atoms with Crippen molar-refractivity contribution in [2.75, 3.05) is 24.8 Å². The molecule has 1 heterocycles. The molecule has 328 valence electrons. The van der Waals surface area contributed by atoms with E-state index in [1.165, 1.54) is 5.56 Å². The molecular weight excluding hydrogens is 745 g/mol. The average Bonchev–Trinajstić information content (AvgIpc) is 3.54. The largest absolute Gasteiger partial charge is 0.508 e. The van der Waals surface area contributed by atoms with Crippen molar-refractivity contribution in [1.82, 2.24) is 5.43 Å². The van der Waals surface area contributed by atoms with Gasteiger partial charge >= 0.3 is 11.9 Å². The molecule has 4 N–H and O–H groups in total. The van der Waals surface area contributed by atoms with Gasteiger partial charge in [0.05, 0.1) is 31.4 Å². The number of hydrazine groups is 1. The van der Waals surface area contributed by atoms with Crippen molar-refractivity contribution in [2.45, 2.75) is 156 Å². The molecule has 1 saturated heterocycles. The Morgan fingerprint density at radius 3 is 1.54 bits per heavy atom. The van der Waals surface area contributed by atoms with E-state index in [9.17, 15) is 24.6 Å². The molecular formula is C49H74N2O8. The molecule has 1 aliphatic rings. The van der Waals surface area contributed by atoms with Crippen molar-refractivity contribution < 1.29 is 39.2 Å². The number of aromatic hydroxyl groups is 3. The number of para-hydroxylation sites is 1. The zero-order chi connectivity index (χ0) is 43.8. The highest BCUT2D eigenvalue weighted by molar-refractivity contribution is 5.83. The first-order chi connectivity index (χ1) is 28.0. The summed E-state index contributed by atoms with van der Waals surface area (Å²) in [5, 5.41) is 32.4. The van der Waals surface area contributed by atoms with Gasteiger partial charge in [0.15, 0.2) is 0 Å². The number of benzene rings is 3. The van der Waals surface area contributed by atoms with Crippen LogP contribution in [0.5, 0.6) is 17.2 Å². The molecule has 0 saturated carbocycles. The maximum atomic E-state index is 12.1. The minimum absolute atomic E-state index is 0.0835. The fourth-order valence-electron chi connectivity index (χ4n) is 6.82. The van der Waals surface area contributed by atoms with Crippen molar-refractivity contribution in [3.63, 3.8) is 0 Å². The summed E-state index contributed by atoms with van der Waals surface area (Å²) in [6, 6.07) is 20.3. The average molecular weight is 819 g/mol. The Morgan fingerprint density at radius 1 is 0.695 bits per heavy atom. The molecule has 1 unspecified atom stereocenters. The third-order valence-corrected chi connectivity index (χ3v) is 10.7. The highest BCUT2D eigenvalue weighted by Crippen LogP contribution is 2.43. The van der Waals surface area contributed by atoms with Gasteiger partial charge in [-0.2, -0.15) is 0 Å². The van der Waals surface area contributed by atoms with E-state index in [0.717, 1.165) is 63.6 Å². The lowest BCUT2D eigenvalue weighted by atomic mass is 9.75. The van der Waals surface area contributed by atoms with Gasteiger partial charge in [-0.25, -0.2) is 0 Å². The van der Waals surface area contributed by atoms with E-state index in [-0.39, 0.29) is 35.3 Å². The smallest absolute Gasteiger partial charge is 0.305 e. The number of nitrogens with one attached hydrogen (secondary N) is 1. The van der Waals surface area contributed by atoms with Crippen LogP contribution >= 0.6 is 0 Å². The molecule has 3 aromatic rings. The molecule has 1 aliphatic heterocycles. The Morgan fingerprint density at radius 2 is 1.15 bits per heavy atom. The number of unbranched alkanes of at least 4 members (excludes halogenated alkanes) is 6. The minimum Gasteiger partial charge on any atom is -0.508 e. The molecule has 59 heavy (non-hydrogen) atoms. The third kappa shape index (κ3) is 19.3. The standard InChI is InChI=1S/C32H54O6.C10H12N2O.C7H8O/c1-7-9-11-13-21-37-29(35)17-15-19-31(3,4)25-23-28(34)26(24-27(25)33)32(5,6)20-16-18-30(36)38-22-14-12-10-8-2;1-8-7-12(11-10(8)13)9-5-3-2-4-6-9;1-6-2-4-7(8)5-3-6/h23-24,33-34H,7-22H2,1-6H3;2-6,8H,7H2,1H3,(H,11,13);2-5,8H,1H3. The molecule has 4 rings (SSSR count). The van der Waals surface area contributed by atoms with Crippen LogP contribution in [0.25, 0.3) is 0 Å². The van der Waals surface area contributed by atoms with Gasteiger partial charge in [-0.15, -0.1) is 0 Å². The van der Waals surface area contributed by atoms with Gasteiger partial charge < -0.3 is 24.8 Å². The van der Waals surface area contributed by atoms with Gasteiger partial charge in [0, 0.05) is 24.0 Å². The van der Waals surface area contributed by atoms with E-state index in [4.69, 9.17) is 14.6 Å². The summed E-state index contributed by atoms with van der Waals surface area (Å²) >= 11 is 0. The highest BCUT2D eigenvalue weighted by atomic mass is 16.5. The van der Waals surface area contributed by atoms with Crippen LogP contribution in [0.2, 0.25) is 0 Å². The van der Waals surface area contributed by atoms with Crippen molar-refractivity contribution in [3.8, 4) is 17.2 Å². The van der Waals surface area contributed by atoms with E-state index in [1.807, 2.05) is 89.0 Å². The van der Waals surface area contributed by atoms with Gasteiger partial charge in [0.1, 0.15) is 17.2 Å². The Balaban J connectivity index is 0.000000454. The third-order valence-electron chi connectivity index (χ3n) is 10.7. The van der Waals surface area contributed by atoms with Crippen molar-refractivity contribution in [2.24, 2.45) is 5.92 Å². The van der Waals surface area contributed by atoms with E-state index in [2.05, 4.69) is 19.3 Å². The summed E-state index contributed by atoms with van der Waals surface area (Å²) in [4.78, 5) is 35.3. The molecule has 1 amide bonds. The molecule has 0 bridgehead atoms. The van der Waals surface area contributed by atoms with Crippen LogP contribution in [-0.2, 0) is 34.7 Å². The second-order valence-corrected chi connectivity index (χ2v) is 17.1. The molecule has 1 atom stereocenters. The first kappa shape index (κ1) is 50.4. The molecule has 10 heteroatoms. The number of rotatable bonds is 21. The first-order valence-electron chi connectivity index (χ1n) is 21.8. The Kier molecular flexibility index (Phi) is 22.5. The van der Waals surface area contributed by atoms with E-state index in [1.54, 1.807) is 24.3 Å². The van der Waals surface area contributed by atoms with Gasteiger partial charge in [0.2, 0.25) is 5.91 Å². The minimum atomic E-state index is -0.424. The summed E-state index contributed by atoms with van der Waals surface area (Å²) < 4.78 is 10.7. The predicted octanol–water partition coefficient (Wildman–Crippen LogP) is 11.1. The number of phenols is 3. The molecule has 0 aliphatic carbocycles. The normalized spacial score (nSPS) is 13.7. The number of hydrogen-bond donors (Lipinski definition) is 4. The number of phenolic OH excluding ortho intramolecular Hbond substituents is 3. The number of carbonyl (C=O) groups is 3.